The highest BCUT2D eigenvalue weighted by Crippen LogP contribution is 2.23. The van der Waals surface area contributed by atoms with Crippen LogP contribution in [0, 0.1) is 12.7 Å². The van der Waals surface area contributed by atoms with Gasteiger partial charge >= 0.3 is 0 Å². The van der Waals surface area contributed by atoms with Crippen molar-refractivity contribution in [1.82, 2.24) is 5.32 Å². The van der Waals surface area contributed by atoms with Gasteiger partial charge in [-0.1, -0.05) is 36.7 Å². The molecule has 1 nitrogen and oxygen atoms in total. The van der Waals surface area contributed by atoms with Gasteiger partial charge in [-0.2, -0.15) is 0 Å². The van der Waals surface area contributed by atoms with Gasteiger partial charge in [0.05, 0.1) is 0 Å². The van der Waals surface area contributed by atoms with Crippen LogP contribution in [0.1, 0.15) is 29.7 Å². The summed E-state index contributed by atoms with van der Waals surface area (Å²) in [5.74, 6) is -0.187. The maximum atomic E-state index is 13.2. The van der Waals surface area contributed by atoms with Crippen LogP contribution < -0.4 is 5.32 Å². The molecule has 0 aromatic heterocycles. The van der Waals surface area contributed by atoms with Crippen molar-refractivity contribution in [2.75, 3.05) is 6.54 Å². The van der Waals surface area contributed by atoms with Crippen molar-refractivity contribution in [2.45, 2.75) is 26.3 Å². The summed E-state index contributed by atoms with van der Waals surface area (Å²) >= 11 is 5.91. The van der Waals surface area contributed by atoms with Crippen LogP contribution in [0.3, 0.4) is 0 Å². The van der Waals surface area contributed by atoms with Gasteiger partial charge in [-0.15, -0.1) is 0 Å². The minimum absolute atomic E-state index is 0.182. The summed E-state index contributed by atoms with van der Waals surface area (Å²) in [4.78, 5) is 0. The highest BCUT2D eigenvalue weighted by molar-refractivity contribution is 6.30. The van der Waals surface area contributed by atoms with Gasteiger partial charge in [0.15, 0.2) is 0 Å². The van der Waals surface area contributed by atoms with E-state index in [0.717, 1.165) is 29.1 Å². The number of halogens is 2. The first kappa shape index (κ1) is 15.0. The second-order valence-electron chi connectivity index (χ2n) is 4.94. The molecule has 2 aromatic rings. The maximum Gasteiger partial charge on any atom is 0.123 e. The third kappa shape index (κ3) is 3.81. The van der Waals surface area contributed by atoms with Gasteiger partial charge in [-0.25, -0.2) is 4.39 Å². The van der Waals surface area contributed by atoms with Crippen LogP contribution in [0.4, 0.5) is 4.39 Å². The highest BCUT2D eigenvalue weighted by Gasteiger charge is 2.14. The molecule has 0 spiro atoms. The van der Waals surface area contributed by atoms with Crippen molar-refractivity contribution < 1.29 is 4.39 Å². The zero-order chi connectivity index (χ0) is 14.5. The number of benzene rings is 2. The van der Waals surface area contributed by atoms with Crippen molar-refractivity contribution in [1.29, 1.82) is 0 Å². The molecule has 0 saturated carbocycles. The fourth-order valence-electron chi connectivity index (χ4n) is 2.42. The molecule has 20 heavy (non-hydrogen) atoms. The number of hydrogen-bond acceptors (Lipinski definition) is 1. The molecule has 1 N–H and O–H groups in total. The van der Waals surface area contributed by atoms with Gasteiger partial charge in [-0.05, 0) is 60.8 Å². The van der Waals surface area contributed by atoms with E-state index in [9.17, 15) is 4.39 Å². The number of likely N-dealkylation sites (N-methyl/N-ethyl adjacent to an activating group) is 1. The monoisotopic (exact) mass is 291 g/mol. The first-order valence-electron chi connectivity index (χ1n) is 6.84. The molecule has 1 unspecified atom stereocenters. The van der Waals surface area contributed by atoms with Gasteiger partial charge < -0.3 is 5.32 Å². The Bertz CT molecular complexity index is 566. The van der Waals surface area contributed by atoms with Gasteiger partial charge in [0.1, 0.15) is 5.82 Å². The Kier molecular flexibility index (Phi) is 5.16. The average molecular weight is 292 g/mol. The quantitative estimate of drug-likeness (QED) is 0.843. The van der Waals surface area contributed by atoms with Crippen LogP contribution in [0.25, 0.3) is 0 Å². The standard InChI is InChI=1S/C17H19ClFN/c1-3-20-17(11-13-4-6-14(18)7-5-13)16-9-8-15(19)10-12(16)2/h4-10,17,20H,3,11H2,1-2H3. The molecule has 0 amide bonds. The Hall–Kier alpha value is -1.38. The van der Waals surface area contributed by atoms with Crippen molar-refractivity contribution >= 4 is 11.6 Å². The van der Waals surface area contributed by atoms with E-state index >= 15 is 0 Å². The lowest BCUT2D eigenvalue weighted by Gasteiger charge is -2.20. The van der Waals surface area contributed by atoms with Crippen LogP contribution in [0.15, 0.2) is 42.5 Å². The summed E-state index contributed by atoms with van der Waals surface area (Å²) in [7, 11) is 0. The first-order valence-corrected chi connectivity index (χ1v) is 7.22. The number of aryl methyl sites for hydroxylation is 1. The molecule has 1 atom stereocenters. The third-order valence-corrected chi connectivity index (χ3v) is 3.66. The number of nitrogens with one attached hydrogen (secondary N) is 1. The minimum Gasteiger partial charge on any atom is -0.310 e. The molecule has 0 fully saturated rings. The van der Waals surface area contributed by atoms with E-state index in [2.05, 4.69) is 12.2 Å². The molecule has 0 radical (unpaired) electrons. The highest BCUT2D eigenvalue weighted by atomic mass is 35.5. The van der Waals surface area contributed by atoms with Crippen molar-refractivity contribution in [2.24, 2.45) is 0 Å². The summed E-state index contributed by atoms with van der Waals surface area (Å²) in [6.45, 7) is 4.90. The summed E-state index contributed by atoms with van der Waals surface area (Å²) in [6.07, 6.45) is 0.859. The molecular formula is C17H19ClFN. The molecular weight excluding hydrogens is 273 g/mol. The lowest BCUT2D eigenvalue weighted by Crippen LogP contribution is -2.23. The predicted molar refractivity (Wildman–Crippen MR) is 82.7 cm³/mol. The summed E-state index contributed by atoms with van der Waals surface area (Å²) in [5.41, 5.74) is 3.33. The smallest absolute Gasteiger partial charge is 0.123 e. The maximum absolute atomic E-state index is 13.2. The van der Waals surface area contributed by atoms with E-state index in [1.54, 1.807) is 6.07 Å². The molecule has 2 rings (SSSR count). The first-order chi connectivity index (χ1) is 9.60. The fourth-order valence-corrected chi connectivity index (χ4v) is 2.55. The Morgan fingerprint density at radius 3 is 2.45 bits per heavy atom. The average Bonchev–Trinajstić information content (AvgIpc) is 2.41. The summed E-state index contributed by atoms with van der Waals surface area (Å²) in [5, 5.41) is 4.21. The molecule has 106 valence electrons. The van der Waals surface area contributed by atoms with Crippen LogP contribution in [-0.4, -0.2) is 6.54 Å². The normalized spacial score (nSPS) is 12.4. The molecule has 0 aliphatic carbocycles. The SMILES string of the molecule is CCNC(Cc1ccc(Cl)cc1)c1ccc(F)cc1C. The van der Waals surface area contributed by atoms with E-state index in [1.165, 1.54) is 11.6 Å². The van der Waals surface area contributed by atoms with E-state index < -0.39 is 0 Å². The largest absolute Gasteiger partial charge is 0.310 e. The molecule has 0 bridgehead atoms. The summed E-state index contributed by atoms with van der Waals surface area (Å²) < 4.78 is 13.2. The Morgan fingerprint density at radius 1 is 1.15 bits per heavy atom. The molecule has 3 heteroatoms. The number of hydrogen-bond donors (Lipinski definition) is 1. The van der Waals surface area contributed by atoms with Crippen molar-refractivity contribution in [3.05, 3.63) is 70.0 Å². The second-order valence-corrected chi connectivity index (χ2v) is 5.38. The fraction of sp³-hybridized carbons (Fsp3) is 0.294. The zero-order valence-corrected chi connectivity index (χ0v) is 12.5. The molecule has 0 aliphatic heterocycles. The molecule has 2 aromatic carbocycles. The van der Waals surface area contributed by atoms with Crippen LogP contribution in [0.2, 0.25) is 5.02 Å². The predicted octanol–water partition coefficient (Wildman–Crippen LogP) is 4.68. The Labute approximate surface area is 124 Å². The van der Waals surface area contributed by atoms with Gasteiger partial charge in [-0.3, -0.25) is 0 Å². The van der Waals surface area contributed by atoms with Gasteiger partial charge in [0.2, 0.25) is 0 Å². The van der Waals surface area contributed by atoms with Gasteiger partial charge in [0.25, 0.3) is 0 Å². The zero-order valence-electron chi connectivity index (χ0n) is 11.8. The molecule has 0 heterocycles. The topological polar surface area (TPSA) is 12.0 Å². The second kappa shape index (κ2) is 6.87. The van der Waals surface area contributed by atoms with E-state index in [0.29, 0.717) is 0 Å². The molecule has 0 aliphatic rings. The Balaban J connectivity index is 2.24. The van der Waals surface area contributed by atoms with Crippen LogP contribution in [0.5, 0.6) is 0 Å². The van der Waals surface area contributed by atoms with E-state index in [1.807, 2.05) is 37.3 Å². The third-order valence-electron chi connectivity index (χ3n) is 3.41. The van der Waals surface area contributed by atoms with Crippen molar-refractivity contribution in [3.8, 4) is 0 Å². The lowest BCUT2D eigenvalue weighted by atomic mass is 9.95. The van der Waals surface area contributed by atoms with Crippen LogP contribution in [-0.2, 0) is 6.42 Å². The Morgan fingerprint density at radius 2 is 1.85 bits per heavy atom. The minimum atomic E-state index is -0.187. The number of rotatable bonds is 5. The van der Waals surface area contributed by atoms with E-state index in [4.69, 9.17) is 11.6 Å². The lowest BCUT2D eigenvalue weighted by molar-refractivity contribution is 0.544. The summed E-state index contributed by atoms with van der Waals surface area (Å²) in [6, 6.07) is 13.0. The van der Waals surface area contributed by atoms with E-state index in [-0.39, 0.29) is 11.9 Å². The van der Waals surface area contributed by atoms with Crippen molar-refractivity contribution in [3.63, 3.8) is 0 Å². The van der Waals surface area contributed by atoms with Gasteiger partial charge in [0, 0.05) is 11.1 Å². The van der Waals surface area contributed by atoms with Crippen LogP contribution >= 0.6 is 11.6 Å². The molecule has 0 saturated heterocycles.